The van der Waals surface area contributed by atoms with Crippen LogP contribution in [0.25, 0.3) is 0 Å². The molecule has 3 aliphatic rings. The van der Waals surface area contributed by atoms with Crippen molar-refractivity contribution in [1.29, 1.82) is 0 Å². The Morgan fingerprint density at radius 1 is 1.22 bits per heavy atom. The number of anilines is 1. The Morgan fingerprint density at radius 2 is 1.93 bits per heavy atom. The second kappa shape index (κ2) is 5.98. The number of aromatic nitrogens is 1. The van der Waals surface area contributed by atoms with Gasteiger partial charge in [-0.25, -0.2) is 4.90 Å². The summed E-state index contributed by atoms with van der Waals surface area (Å²) in [5.74, 6) is -4.14. The maximum atomic E-state index is 13.2. The fraction of sp³-hybridized carbons (Fsp3) is 0.389. The summed E-state index contributed by atoms with van der Waals surface area (Å²) >= 11 is 0. The zero-order valence-corrected chi connectivity index (χ0v) is 14.5. The van der Waals surface area contributed by atoms with Crippen LogP contribution in [-0.2, 0) is 33.4 Å². The maximum absolute atomic E-state index is 13.2. The van der Waals surface area contributed by atoms with E-state index in [1.165, 1.54) is 18.5 Å². The van der Waals surface area contributed by atoms with Crippen LogP contribution in [0, 0.1) is 11.8 Å². The monoisotopic (exact) mass is 372 g/mol. The minimum Gasteiger partial charge on any atom is -0.422 e. The third-order valence-corrected chi connectivity index (χ3v) is 4.90. The van der Waals surface area contributed by atoms with Crippen molar-refractivity contribution in [2.45, 2.75) is 31.8 Å². The number of esters is 2. The van der Waals surface area contributed by atoms with Crippen LogP contribution in [0.1, 0.15) is 13.8 Å². The molecular weight excluding hydrogens is 356 g/mol. The average Bonchev–Trinajstić information content (AvgIpc) is 3.26. The lowest BCUT2D eigenvalue weighted by atomic mass is 9.76. The molecular formula is C18H16N2O7. The number of hydrogen-bond donors (Lipinski definition) is 0. The van der Waals surface area contributed by atoms with Gasteiger partial charge >= 0.3 is 11.9 Å². The Morgan fingerprint density at radius 3 is 2.52 bits per heavy atom. The number of hydrogen-bond acceptors (Lipinski definition) is 8. The third-order valence-electron chi connectivity index (χ3n) is 4.90. The Kier molecular flexibility index (Phi) is 3.84. The molecule has 0 unspecified atom stereocenters. The molecule has 0 aromatic carbocycles. The van der Waals surface area contributed by atoms with Crippen molar-refractivity contribution >= 4 is 29.4 Å². The first kappa shape index (κ1) is 17.3. The summed E-state index contributed by atoms with van der Waals surface area (Å²) in [6.45, 7) is 2.30. The molecule has 9 heteroatoms. The quantitative estimate of drug-likeness (QED) is 0.322. The summed E-state index contributed by atoms with van der Waals surface area (Å²) in [6, 6.07) is 3.21. The van der Waals surface area contributed by atoms with Crippen LogP contribution >= 0.6 is 0 Å². The summed E-state index contributed by atoms with van der Waals surface area (Å²) in [7, 11) is 0. The molecule has 2 saturated heterocycles. The van der Waals surface area contributed by atoms with Crippen molar-refractivity contribution in [3.63, 3.8) is 0 Å². The predicted molar refractivity (Wildman–Crippen MR) is 87.8 cm³/mol. The SMILES string of the molecule is CC(=O)OC(OC(C)=O)[C@@]12C=C[C@@H](O1)[C@@H]1C(=O)N(c3cccnc3)C(=O)[C@H]12. The fourth-order valence-corrected chi connectivity index (χ4v) is 3.96. The molecule has 2 bridgehead atoms. The van der Waals surface area contributed by atoms with Crippen molar-refractivity contribution in [3.8, 4) is 0 Å². The van der Waals surface area contributed by atoms with Crippen LogP contribution < -0.4 is 4.90 Å². The first-order valence-electron chi connectivity index (χ1n) is 8.34. The molecule has 0 saturated carbocycles. The van der Waals surface area contributed by atoms with Gasteiger partial charge in [0.25, 0.3) is 6.29 Å². The molecule has 4 atom stereocenters. The number of nitrogens with zero attached hydrogens (tertiary/aromatic N) is 2. The van der Waals surface area contributed by atoms with Crippen LogP contribution in [0.2, 0.25) is 0 Å². The van der Waals surface area contributed by atoms with E-state index in [2.05, 4.69) is 4.98 Å². The van der Waals surface area contributed by atoms with Crippen molar-refractivity contribution in [3.05, 3.63) is 36.7 Å². The smallest absolute Gasteiger partial charge is 0.305 e. The number of imide groups is 1. The molecule has 0 N–H and O–H groups in total. The van der Waals surface area contributed by atoms with Gasteiger partial charge in [0.15, 0.2) is 5.60 Å². The molecule has 4 rings (SSSR count). The first-order chi connectivity index (χ1) is 12.8. The minimum absolute atomic E-state index is 0.341. The molecule has 9 nitrogen and oxygen atoms in total. The molecule has 27 heavy (non-hydrogen) atoms. The van der Waals surface area contributed by atoms with Gasteiger partial charge in [-0.05, 0) is 18.2 Å². The molecule has 0 spiro atoms. The van der Waals surface area contributed by atoms with Gasteiger partial charge in [-0.3, -0.25) is 24.2 Å². The van der Waals surface area contributed by atoms with Crippen molar-refractivity contribution < 1.29 is 33.4 Å². The van der Waals surface area contributed by atoms with Crippen LogP contribution in [0.4, 0.5) is 5.69 Å². The fourth-order valence-electron chi connectivity index (χ4n) is 3.96. The summed E-state index contributed by atoms with van der Waals surface area (Å²) in [6.07, 6.45) is 3.95. The second-order valence-electron chi connectivity index (χ2n) is 6.57. The zero-order chi connectivity index (χ0) is 19.3. The van der Waals surface area contributed by atoms with E-state index in [1.54, 1.807) is 18.2 Å². The van der Waals surface area contributed by atoms with Crippen LogP contribution in [0.3, 0.4) is 0 Å². The summed E-state index contributed by atoms with van der Waals surface area (Å²) in [4.78, 5) is 54.1. The third kappa shape index (κ3) is 2.46. The predicted octanol–water partition coefficient (Wildman–Crippen LogP) is 0.347. The number of rotatable bonds is 4. The number of carbonyl (C=O) groups is 4. The standard InChI is InChI=1S/C18H16N2O7/c1-9(21)25-17(26-10(2)22)18-6-5-12(27-18)13-14(18)16(24)20(15(13)23)11-4-3-7-19-8-11/h3-8,12-14,17H,1-2H3/t12-,13+,14+,18+/m1/s1. The van der Waals surface area contributed by atoms with E-state index in [-0.39, 0.29) is 0 Å². The topological polar surface area (TPSA) is 112 Å². The Balaban J connectivity index is 1.75. The number of carbonyl (C=O) groups excluding carboxylic acids is 4. The van der Waals surface area contributed by atoms with Gasteiger partial charge < -0.3 is 14.2 Å². The lowest BCUT2D eigenvalue weighted by Gasteiger charge is -2.34. The molecule has 1 aromatic heterocycles. The molecule has 4 heterocycles. The molecule has 140 valence electrons. The summed E-state index contributed by atoms with van der Waals surface area (Å²) in [5, 5.41) is 0. The highest BCUT2D eigenvalue weighted by Crippen LogP contribution is 2.54. The summed E-state index contributed by atoms with van der Waals surface area (Å²) in [5.41, 5.74) is -1.20. The number of pyridine rings is 1. The van der Waals surface area contributed by atoms with Crippen LogP contribution in [-0.4, -0.2) is 46.7 Å². The van der Waals surface area contributed by atoms with E-state index >= 15 is 0 Å². The maximum Gasteiger partial charge on any atom is 0.305 e. The van der Waals surface area contributed by atoms with Crippen molar-refractivity contribution in [2.75, 3.05) is 4.90 Å². The van der Waals surface area contributed by atoms with E-state index in [1.807, 2.05) is 0 Å². The largest absolute Gasteiger partial charge is 0.422 e. The Bertz CT molecular complexity index is 852. The lowest BCUT2D eigenvalue weighted by molar-refractivity contribution is -0.226. The lowest BCUT2D eigenvalue weighted by Crippen LogP contribution is -2.52. The molecule has 2 amide bonds. The van der Waals surface area contributed by atoms with E-state index in [4.69, 9.17) is 14.2 Å². The van der Waals surface area contributed by atoms with Crippen LogP contribution in [0.15, 0.2) is 36.7 Å². The summed E-state index contributed by atoms with van der Waals surface area (Å²) < 4.78 is 16.2. The minimum atomic E-state index is -1.55. The first-order valence-corrected chi connectivity index (χ1v) is 8.34. The van der Waals surface area contributed by atoms with Gasteiger partial charge in [0.05, 0.1) is 29.8 Å². The van der Waals surface area contributed by atoms with Gasteiger partial charge in [0, 0.05) is 20.0 Å². The zero-order valence-electron chi connectivity index (χ0n) is 14.5. The second-order valence-corrected chi connectivity index (χ2v) is 6.57. The normalized spacial score (nSPS) is 30.8. The number of ether oxygens (including phenoxy) is 3. The van der Waals surface area contributed by atoms with E-state index < -0.39 is 53.6 Å². The highest BCUT2D eigenvalue weighted by molar-refractivity contribution is 6.23. The van der Waals surface area contributed by atoms with Gasteiger partial charge in [-0.1, -0.05) is 6.08 Å². The van der Waals surface area contributed by atoms with Crippen molar-refractivity contribution in [2.24, 2.45) is 11.8 Å². The molecule has 0 radical (unpaired) electrons. The highest BCUT2D eigenvalue weighted by atomic mass is 16.7. The van der Waals surface area contributed by atoms with Crippen molar-refractivity contribution in [1.82, 2.24) is 4.98 Å². The number of amides is 2. The van der Waals surface area contributed by atoms with Gasteiger partial charge in [0.2, 0.25) is 11.8 Å². The Hall–Kier alpha value is -3.07. The average molecular weight is 372 g/mol. The van der Waals surface area contributed by atoms with E-state index in [9.17, 15) is 19.2 Å². The molecule has 2 fully saturated rings. The van der Waals surface area contributed by atoms with E-state index in [0.717, 1.165) is 18.7 Å². The van der Waals surface area contributed by atoms with E-state index in [0.29, 0.717) is 5.69 Å². The van der Waals surface area contributed by atoms with Crippen LogP contribution in [0.5, 0.6) is 0 Å². The van der Waals surface area contributed by atoms with Gasteiger partial charge in [-0.15, -0.1) is 0 Å². The van der Waals surface area contributed by atoms with Gasteiger partial charge in [0.1, 0.15) is 0 Å². The Labute approximate surface area is 153 Å². The molecule has 1 aromatic rings. The van der Waals surface area contributed by atoms with Gasteiger partial charge in [-0.2, -0.15) is 0 Å². The molecule has 0 aliphatic carbocycles. The molecule has 3 aliphatic heterocycles. The highest BCUT2D eigenvalue weighted by Gasteiger charge is 2.72. The number of fused-ring (bicyclic) bond motifs is 5.